The van der Waals surface area contributed by atoms with Crippen molar-refractivity contribution in [2.75, 3.05) is 23.3 Å². The van der Waals surface area contributed by atoms with Crippen LogP contribution in [0.1, 0.15) is 6.92 Å². The highest BCUT2D eigenvalue weighted by Crippen LogP contribution is 2.31. The van der Waals surface area contributed by atoms with Crippen LogP contribution in [0.5, 0.6) is 0 Å². The van der Waals surface area contributed by atoms with Gasteiger partial charge >= 0.3 is 6.03 Å². The highest BCUT2D eigenvalue weighted by molar-refractivity contribution is 6.36. The molecule has 0 spiro atoms. The molecule has 1 heterocycles. The molecule has 3 amide bonds. The Kier molecular flexibility index (Phi) is 5.61. The number of piperazine rings is 1. The number of nitrogens with zero attached hydrogens (tertiary/aromatic N) is 2. The first-order valence-electron chi connectivity index (χ1n) is 7.96. The summed E-state index contributed by atoms with van der Waals surface area (Å²) in [6, 6.07) is 10.8. The molecule has 136 valence electrons. The van der Waals surface area contributed by atoms with Gasteiger partial charge in [-0.1, -0.05) is 40.9 Å². The van der Waals surface area contributed by atoms with Crippen molar-refractivity contribution < 1.29 is 9.59 Å². The second-order valence-corrected chi connectivity index (χ2v) is 7.18. The molecule has 1 saturated heterocycles. The van der Waals surface area contributed by atoms with Gasteiger partial charge in [-0.25, -0.2) is 4.79 Å². The molecule has 26 heavy (non-hydrogen) atoms. The second-order valence-electron chi connectivity index (χ2n) is 5.90. The summed E-state index contributed by atoms with van der Waals surface area (Å²) in [6.07, 6.45) is 0. The van der Waals surface area contributed by atoms with Crippen LogP contribution in [0.3, 0.4) is 0 Å². The van der Waals surface area contributed by atoms with Gasteiger partial charge in [0.1, 0.15) is 6.04 Å². The van der Waals surface area contributed by atoms with Crippen LogP contribution >= 0.6 is 34.8 Å². The zero-order chi connectivity index (χ0) is 18.8. The highest BCUT2D eigenvalue weighted by Gasteiger charge is 2.35. The summed E-state index contributed by atoms with van der Waals surface area (Å²) in [7, 11) is 0. The Bertz CT molecular complexity index is 859. The molecular formula is C18H16Cl3N3O2. The van der Waals surface area contributed by atoms with Gasteiger partial charge in [0, 0.05) is 28.8 Å². The number of hydrogen-bond acceptors (Lipinski definition) is 2. The maximum atomic E-state index is 12.8. The fourth-order valence-electron chi connectivity index (χ4n) is 2.85. The third kappa shape index (κ3) is 3.90. The van der Waals surface area contributed by atoms with E-state index < -0.39 is 6.04 Å². The number of anilines is 2. The van der Waals surface area contributed by atoms with Crippen LogP contribution in [0.15, 0.2) is 42.5 Å². The molecule has 1 atom stereocenters. The number of carbonyl (C=O) groups excluding carboxylic acids is 2. The van der Waals surface area contributed by atoms with Gasteiger partial charge in [-0.05, 0) is 43.3 Å². The van der Waals surface area contributed by atoms with Gasteiger partial charge in [0.15, 0.2) is 0 Å². The lowest BCUT2D eigenvalue weighted by atomic mass is 10.1. The van der Waals surface area contributed by atoms with Crippen LogP contribution in [-0.4, -0.2) is 36.0 Å². The molecule has 0 saturated carbocycles. The largest absolute Gasteiger partial charge is 0.322 e. The number of halogens is 3. The Morgan fingerprint density at radius 2 is 1.81 bits per heavy atom. The lowest BCUT2D eigenvalue weighted by molar-refractivity contribution is -0.123. The fraction of sp³-hybridized carbons (Fsp3) is 0.222. The summed E-state index contributed by atoms with van der Waals surface area (Å²) in [6.45, 7) is 2.40. The van der Waals surface area contributed by atoms with E-state index in [9.17, 15) is 9.59 Å². The van der Waals surface area contributed by atoms with E-state index in [-0.39, 0.29) is 11.9 Å². The maximum absolute atomic E-state index is 12.8. The van der Waals surface area contributed by atoms with E-state index in [1.54, 1.807) is 54.3 Å². The van der Waals surface area contributed by atoms with Crippen LogP contribution in [0.25, 0.3) is 0 Å². The standard InChI is InChI=1S/C18H16Cl3N3O2/c1-11-17(25)24(16-6-5-13(20)10-15(16)21)8-7-23(11)18(26)22-14-4-2-3-12(19)9-14/h2-6,9-11H,7-8H2,1H3,(H,22,26). The minimum atomic E-state index is -0.630. The Morgan fingerprint density at radius 3 is 2.50 bits per heavy atom. The molecule has 0 aliphatic carbocycles. The average Bonchev–Trinajstić information content (AvgIpc) is 2.58. The smallest absolute Gasteiger partial charge is 0.311 e. The molecule has 1 N–H and O–H groups in total. The molecule has 8 heteroatoms. The molecular weight excluding hydrogens is 397 g/mol. The van der Waals surface area contributed by atoms with Crippen LogP contribution < -0.4 is 10.2 Å². The van der Waals surface area contributed by atoms with Crippen LogP contribution in [-0.2, 0) is 4.79 Å². The Morgan fingerprint density at radius 1 is 1.08 bits per heavy atom. The second kappa shape index (κ2) is 7.74. The number of nitrogens with one attached hydrogen (secondary N) is 1. The van der Waals surface area contributed by atoms with Crippen molar-refractivity contribution in [3.63, 3.8) is 0 Å². The first-order valence-corrected chi connectivity index (χ1v) is 9.10. The van der Waals surface area contributed by atoms with Gasteiger partial charge in [-0.3, -0.25) is 4.79 Å². The first kappa shape index (κ1) is 18.8. The zero-order valence-electron chi connectivity index (χ0n) is 13.9. The van der Waals surface area contributed by atoms with Crippen molar-refractivity contribution in [1.82, 2.24) is 4.90 Å². The summed E-state index contributed by atoms with van der Waals surface area (Å²) in [5.41, 5.74) is 1.16. The van der Waals surface area contributed by atoms with Crippen molar-refractivity contribution in [2.45, 2.75) is 13.0 Å². The molecule has 3 rings (SSSR count). The third-order valence-corrected chi connectivity index (χ3v) is 4.97. The van der Waals surface area contributed by atoms with Crippen molar-refractivity contribution in [2.24, 2.45) is 0 Å². The van der Waals surface area contributed by atoms with Gasteiger partial charge in [0.2, 0.25) is 5.91 Å². The molecule has 0 aromatic heterocycles. The number of amides is 3. The van der Waals surface area contributed by atoms with E-state index in [1.165, 1.54) is 4.90 Å². The van der Waals surface area contributed by atoms with E-state index >= 15 is 0 Å². The van der Waals surface area contributed by atoms with Crippen molar-refractivity contribution in [1.29, 1.82) is 0 Å². The molecule has 5 nitrogen and oxygen atoms in total. The van der Waals surface area contributed by atoms with Crippen LogP contribution in [0.4, 0.5) is 16.2 Å². The third-order valence-electron chi connectivity index (χ3n) is 4.19. The van der Waals surface area contributed by atoms with Gasteiger partial charge in [-0.15, -0.1) is 0 Å². The first-order chi connectivity index (χ1) is 12.4. The van der Waals surface area contributed by atoms with Crippen LogP contribution in [0, 0.1) is 0 Å². The lowest BCUT2D eigenvalue weighted by Gasteiger charge is -2.39. The summed E-state index contributed by atoms with van der Waals surface area (Å²) in [5, 5.41) is 4.18. The Balaban J connectivity index is 1.74. The van der Waals surface area contributed by atoms with Crippen molar-refractivity contribution >= 4 is 58.1 Å². The van der Waals surface area contributed by atoms with Gasteiger partial charge in [0.05, 0.1) is 10.7 Å². The van der Waals surface area contributed by atoms with Gasteiger partial charge < -0.3 is 15.1 Å². The SMILES string of the molecule is CC1C(=O)N(c2ccc(Cl)cc2Cl)CCN1C(=O)Nc1cccc(Cl)c1. The monoisotopic (exact) mass is 411 g/mol. The topological polar surface area (TPSA) is 52.7 Å². The lowest BCUT2D eigenvalue weighted by Crippen LogP contribution is -2.58. The molecule has 1 aliphatic heterocycles. The Labute approximate surface area is 166 Å². The molecule has 1 unspecified atom stereocenters. The Hall–Kier alpha value is -1.95. The van der Waals surface area contributed by atoms with E-state index in [2.05, 4.69) is 5.32 Å². The molecule has 1 fully saturated rings. The predicted octanol–water partition coefficient (Wildman–Crippen LogP) is 4.92. The summed E-state index contributed by atoms with van der Waals surface area (Å²) < 4.78 is 0. The summed E-state index contributed by atoms with van der Waals surface area (Å²) >= 11 is 18.1. The number of hydrogen-bond donors (Lipinski definition) is 1. The summed E-state index contributed by atoms with van der Waals surface area (Å²) in [5.74, 6) is -0.207. The van der Waals surface area contributed by atoms with Crippen molar-refractivity contribution in [3.05, 3.63) is 57.5 Å². The zero-order valence-corrected chi connectivity index (χ0v) is 16.1. The van der Waals surface area contributed by atoms with E-state index in [0.717, 1.165) is 0 Å². The van der Waals surface area contributed by atoms with E-state index in [1.807, 2.05) is 0 Å². The van der Waals surface area contributed by atoms with Gasteiger partial charge in [0.25, 0.3) is 0 Å². The molecule has 0 radical (unpaired) electrons. The van der Waals surface area contributed by atoms with Crippen molar-refractivity contribution in [3.8, 4) is 0 Å². The normalized spacial score (nSPS) is 17.4. The number of carbonyl (C=O) groups is 2. The fourth-order valence-corrected chi connectivity index (χ4v) is 3.55. The molecule has 0 bridgehead atoms. The minimum Gasteiger partial charge on any atom is -0.311 e. The highest BCUT2D eigenvalue weighted by atomic mass is 35.5. The van der Waals surface area contributed by atoms with Gasteiger partial charge in [-0.2, -0.15) is 0 Å². The molecule has 2 aromatic carbocycles. The number of rotatable bonds is 2. The predicted molar refractivity (Wildman–Crippen MR) is 105 cm³/mol. The van der Waals surface area contributed by atoms with E-state index in [4.69, 9.17) is 34.8 Å². The number of urea groups is 1. The van der Waals surface area contributed by atoms with E-state index in [0.29, 0.717) is 39.5 Å². The maximum Gasteiger partial charge on any atom is 0.322 e. The molecule has 1 aliphatic rings. The molecule has 2 aromatic rings. The number of benzene rings is 2. The average molecular weight is 413 g/mol. The summed E-state index contributed by atoms with van der Waals surface area (Å²) in [4.78, 5) is 28.4. The van der Waals surface area contributed by atoms with Crippen LogP contribution in [0.2, 0.25) is 15.1 Å². The minimum absolute atomic E-state index is 0.207. The quantitative estimate of drug-likeness (QED) is 0.761.